The number of rotatable bonds is 1. The zero-order valence-electron chi connectivity index (χ0n) is 11.8. The molecule has 100 valence electrons. The minimum Gasteiger partial charge on any atom is -0.273 e. The number of hydrogen-bond acceptors (Lipinski definition) is 0. The van der Waals surface area contributed by atoms with Crippen molar-refractivity contribution in [3.05, 3.63) is 102 Å². The Morgan fingerprint density at radius 1 is 0.905 bits per heavy atom. The number of allylic oxidation sites excluding steroid dienone is 5. The molecule has 1 unspecified atom stereocenters. The largest absolute Gasteiger partial charge is 2.00 e. The van der Waals surface area contributed by atoms with E-state index in [-0.39, 0.29) is 26.2 Å². The van der Waals surface area contributed by atoms with E-state index in [1.165, 1.54) is 16.7 Å². The van der Waals surface area contributed by atoms with Crippen LogP contribution in [0.2, 0.25) is 0 Å². The van der Waals surface area contributed by atoms with E-state index >= 15 is 0 Å². The molecule has 1 atom stereocenters. The third-order valence-corrected chi connectivity index (χ3v) is 3.43. The number of benzene rings is 2. The zero-order chi connectivity index (χ0) is 13.6. The molecule has 0 saturated heterocycles. The predicted octanol–water partition coefficient (Wildman–Crippen LogP) is 4.95. The van der Waals surface area contributed by atoms with Crippen molar-refractivity contribution in [1.82, 2.24) is 0 Å². The fourth-order valence-corrected chi connectivity index (χ4v) is 2.43. The normalized spacial score (nSPS) is 16.9. The van der Waals surface area contributed by atoms with Crippen LogP contribution >= 0.6 is 0 Å². The Morgan fingerprint density at radius 3 is 2.33 bits per heavy atom. The summed E-state index contributed by atoms with van der Waals surface area (Å²) in [7, 11) is 0. The monoisotopic (exact) mass is 346 g/mol. The van der Waals surface area contributed by atoms with Crippen LogP contribution < -0.4 is 0 Å². The van der Waals surface area contributed by atoms with Crippen LogP contribution in [0, 0.1) is 12.2 Å². The average Bonchev–Trinajstić information content (AvgIpc) is 3.21. The van der Waals surface area contributed by atoms with Crippen molar-refractivity contribution in [2.45, 2.75) is 12.3 Å². The Labute approximate surface area is 146 Å². The molecule has 4 rings (SSSR count). The first-order valence-electron chi connectivity index (χ1n) is 6.90. The summed E-state index contributed by atoms with van der Waals surface area (Å²) in [6.45, 7) is 0. The van der Waals surface area contributed by atoms with Gasteiger partial charge in [-0.25, -0.2) is 18.2 Å². The first-order valence-corrected chi connectivity index (χ1v) is 6.90. The van der Waals surface area contributed by atoms with Gasteiger partial charge in [0.25, 0.3) is 0 Å². The molecule has 0 radical (unpaired) electrons. The molecule has 0 aliphatic heterocycles. The van der Waals surface area contributed by atoms with E-state index in [2.05, 4.69) is 72.8 Å². The Balaban J connectivity index is 0.000000231. The second-order valence-corrected chi connectivity index (χ2v) is 4.79. The molecule has 0 bridgehead atoms. The van der Waals surface area contributed by atoms with E-state index in [0.717, 1.165) is 6.42 Å². The average molecular weight is 348 g/mol. The predicted molar refractivity (Wildman–Crippen MR) is 84.0 cm³/mol. The van der Waals surface area contributed by atoms with E-state index in [4.69, 9.17) is 0 Å². The molecule has 0 nitrogen and oxygen atoms in total. The zero-order valence-corrected chi connectivity index (χ0v) is 14.2. The molecule has 21 heavy (non-hydrogen) atoms. The summed E-state index contributed by atoms with van der Waals surface area (Å²) in [5.41, 5.74) is 3.98. The van der Waals surface area contributed by atoms with Gasteiger partial charge in [-0.3, -0.25) is 12.2 Å². The molecule has 2 aromatic carbocycles. The van der Waals surface area contributed by atoms with Crippen molar-refractivity contribution < 1.29 is 26.2 Å². The van der Waals surface area contributed by atoms with E-state index in [1.807, 2.05) is 18.2 Å². The third kappa shape index (κ3) is 4.02. The third-order valence-electron chi connectivity index (χ3n) is 3.43. The SMILES string of the molecule is [C-]1=CC=CC1.[C-]1=Cc2ccccc2C1c1ccccc1.[Zr+2]. The summed E-state index contributed by atoms with van der Waals surface area (Å²) in [6, 6.07) is 19.0. The van der Waals surface area contributed by atoms with Gasteiger partial charge in [-0.15, -0.1) is 18.1 Å². The van der Waals surface area contributed by atoms with Crippen molar-refractivity contribution in [2.75, 3.05) is 0 Å². The Morgan fingerprint density at radius 2 is 1.67 bits per heavy atom. The van der Waals surface area contributed by atoms with Crippen molar-refractivity contribution in [3.8, 4) is 0 Å². The Hall–Kier alpha value is -1.46. The van der Waals surface area contributed by atoms with Crippen LogP contribution in [0.5, 0.6) is 0 Å². The number of hydrogen-bond donors (Lipinski definition) is 0. The van der Waals surface area contributed by atoms with E-state index < -0.39 is 0 Å². The van der Waals surface area contributed by atoms with Crippen LogP contribution in [0.25, 0.3) is 6.08 Å². The molecular weight excluding hydrogens is 331 g/mol. The van der Waals surface area contributed by atoms with Crippen LogP contribution in [0.3, 0.4) is 0 Å². The van der Waals surface area contributed by atoms with E-state index in [0.29, 0.717) is 5.92 Å². The minimum absolute atomic E-state index is 0. The van der Waals surface area contributed by atoms with Gasteiger partial charge >= 0.3 is 26.2 Å². The molecule has 0 fully saturated rings. The van der Waals surface area contributed by atoms with Gasteiger partial charge in [0.05, 0.1) is 0 Å². The van der Waals surface area contributed by atoms with Gasteiger partial charge in [-0.05, 0) is 0 Å². The van der Waals surface area contributed by atoms with Gasteiger partial charge in [-0.2, -0.15) is 11.6 Å². The summed E-state index contributed by atoms with van der Waals surface area (Å²) < 4.78 is 0. The Kier molecular flexibility index (Phi) is 6.14. The quantitative estimate of drug-likeness (QED) is 0.640. The molecule has 2 aliphatic carbocycles. The molecule has 1 heteroatoms. The first-order chi connectivity index (χ1) is 9.95. The summed E-state index contributed by atoms with van der Waals surface area (Å²) in [5.74, 6) is 0.322. The molecule has 0 amide bonds. The van der Waals surface area contributed by atoms with E-state index in [1.54, 1.807) is 0 Å². The number of fused-ring (bicyclic) bond motifs is 1. The fourth-order valence-electron chi connectivity index (χ4n) is 2.43. The summed E-state index contributed by atoms with van der Waals surface area (Å²) in [4.78, 5) is 0. The topological polar surface area (TPSA) is 0 Å². The fraction of sp³-hybridized carbons (Fsp3) is 0.100. The molecule has 0 saturated carbocycles. The smallest absolute Gasteiger partial charge is 0.273 e. The van der Waals surface area contributed by atoms with Gasteiger partial charge in [0.2, 0.25) is 0 Å². The molecule has 2 aliphatic rings. The van der Waals surface area contributed by atoms with E-state index in [9.17, 15) is 0 Å². The second-order valence-electron chi connectivity index (χ2n) is 4.79. The summed E-state index contributed by atoms with van der Waals surface area (Å²) in [6.07, 6.45) is 15.5. The Bertz CT molecular complexity index is 641. The van der Waals surface area contributed by atoms with Crippen molar-refractivity contribution >= 4 is 6.08 Å². The van der Waals surface area contributed by atoms with Crippen molar-refractivity contribution in [3.63, 3.8) is 0 Å². The molecule has 0 heterocycles. The maximum Gasteiger partial charge on any atom is 2.00 e. The van der Waals surface area contributed by atoms with Crippen LogP contribution in [-0.4, -0.2) is 0 Å². The molecular formula is C20H16Zr. The van der Waals surface area contributed by atoms with Crippen LogP contribution in [0.1, 0.15) is 29.0 Å². The standard InChI is InChI=1S/C15H11.C5H5.Zr/c1-2-6-12(7-3-1)15-11-10-13-8-4-5-9-14(13)15;1-2-4-5-3-1;/h1-10,15H;1-3H,4H2;/q2*-1;+2. The summed E-state index contributed by atoms with van der Waals surface area (Å²) in [5, 5.41) is 0. The van der Waals surface area contributed by atoms with Crippen LogP contribution in [0.15, 0.2) is 72.8 Å². The van der Waals surface area contributed by atoms with Gasteiger partial charge < -0.3 is 0 Å². The van der Waals surface area contributed by atoms with Crippen LogP contribution in [0.4, 0.5) is 0 Å². The van der Waals surface area contributed by atoms with Gasteiger partial charge in [-0.1, -0.05) is 60.0 Å². The van der Waals surface area contributed by atoms with Gasteiger partial charge in [0.1, 0.15) is 0 Å². The minimum atomic E-state index is 0. The maximum absolute atomic E-state index is 3.41. The second kappa shape index (κ2) is 8.10. The summed E-state index contributed by atoms with van der Waals surface area (Å²) >= 11 is 0. The molecule has 0 aromatic heterocycles. The van der Waals surface area contributed by atoms with Crippen molar-refractivity contribution in [1.29, 1.82) is 0 Å². The van der Waals surface area contributed by atoms with Crippen LogP contribution in [-0.2, 0) is 26.2 Å². The molecule has 0 spiro atoms. The van der Waals surface area contributed by atoms with Gasteiger partial charge in [0.15, 0.2) is 0 Å². The molecule has 2 aromatic rings. The van der Waals surface area contributed by atoms with Crippen molar-refractivity contribution in [2.24, 2.45) is 0 Å². The molecule has 0 N–H and O–H groups in total. The first kappa shape index (κ1) is 15.9. The van der Waals surface area contributed by atoms with Gasteiger partial charge in [0, 0.05) is 0 Å². The maximum atomic E-state index is 3.41.